The number of rotatable bonds is 2. The number of hydrogen-bond acceptors (Lipinski definition) is 1. The summed E-state index contributed by atoms with van der Waals surface area (Å²) in [6, 6.07) is 0. The minimum absolute atomic E-state index is 0.708. The maximum atomic E-state index is 11.1. The predicted octanol–water partition coefficient (Wildman–Crippen LogP) is 1.75. The molecule has 0 amide bonds. The lowest BCUT2D eigenvalue weighted by atomic mass is 10.4. The summed E-state index contributed by atoms with van der Waals surface area (Å²) in [6.07, 6.45) is -5.11. The second-order valence-corrected chi connectivity index (χ2v) is 1.22. The molecule has 0 aliphatic rings. The SMILES string of the molecule is CO[CH]CC(F)(F)F. The van der Waals surface area contributed by atoms with Crippen molar-refractivity contribution in [3.05, 3.63) is 6.61 Å². The van der Waals surface area contributed by atoms with Gasteiger partial charge in [-0.3, -0.25) is 0 Å². The number of ether oxygens (including phenoxy) is 1. The number of alkyl halides is 3. The lowest BCUT2D eigenvalue weighted by molar-refractivity contribution is -0.134. The molecule has 0 fully saturated rings. The van der Waals surface area contributed by atoms with Gasteiger partial charge in [-0.2, -0.15) is 13.2 Å². The van der Waals surface area contributed by atoms with Crippen LogP contribution >= 0.6 is 0 Å². The van der Waals surface area contributed by atoms with Crippen LogP contribution in [-0.2, 0) is 4.74 Å². The van der Waals surface area contributed by atoms with Crippen molar-refractivity contribution in [2.24, 2.45) is 0 Å². The number of halogens is 3. The van der Waals surface area contributed by atoms with Crippen molar-refractivity contribution in [3.63, 3.8) is 0 Å². The molecule has 0 bridgehead atoms. The van der Waals surface area contributed by atoms with Crippen LogP contribution in [0.3, 0.4) is 0 Å². The van der Waals surface area contributed by atoms with E-state index in [1.807, 2.05) is 0 Å². The highest BCUT2D eigenvalue weighted by Crippen LogP contribution is 2.20. The molecule has 0 saturated heterocycles. The summed E-state index contributed by atoms with van der Waals surface area (Å²) in [7, 11) is 1.19. The van der Waals surface area contributed by atoms with E-state index in [4.69, 9.17) is 0 Å². The maximum Gasteiger partial charge on any atom is 0.391 e. The summed E-state index contributed by atoms with van der Waals surface area (Å²) in [5, 5.41) is 0. The van der Waals surface area contributed by atoms with Gasteiger partial charge in [0, 0.05) is 7.11 Å². The first kappa shape index (κ1) is 7.75. The highest BCUT2D eigenvalue weighted by Gasteiger charge is 2.26. The van der Waals surface area contributed by atoms with Crippen molar-refractivity contribution < 1.29 is 17.9 Å². The Balaban J connectivity index is 3.11. The Morgan fingerprint density at radius 1 is 1.50 bits per heavy atom. The lowest BCUT2D eigenvalue weighted by Gasteiger charge is -2.01. The third-order valence-corrected chi connectivity index (χ3v) is 0.481. The van der Waals surface area contributed by atoms with Crippen LogP contribution in [0.25, 0.3) is 0 Å². The molecule has 8 heavy (non-hydrogen) atoms. The van der Waals surface area contributed by atoms with Crippen molar-refractivity contribution in [1.29, 1.82) is 0 Å². The van der Waals surface area contributed by atoms with Crippen LogP contribution in [0.1, 0.15) is 6.42 Å². The molecule has 4 heteroatoms. The Bertz CT molecular complexity index is 58.8. The molecule has 0 saturated carbocycles. The van der Waals surface area contributed by atoms with E-state index >= 15 is 0 Å². The van der Waals surface area contributed by atoms with Crippen LogP contribution in [0.4, 0.5) is 13.2 Å². The number of hydrogen-bond donors (Lipinski definition) is 0. The molecule has 0 N–H and O–H groups in total. The van der Waals surface area contributed by atoms with E-state index in [2.05, 4.69) is 4.74 Å². The Kier molecular flexibility index (Phi) is 2.82. The van der Waals surface area contributed by atoms with E-state index in [1.165, 1.54) is 7.11 Å². The van der Waals surface area contributed by atoms with E-state index in [1.54, 1.807) is 0 Å². The second-order valence-electron chi connectivity index (χ2n) is 1.22. The van der Waals surface area contributed by atoms with Gasteiger partial charge in [0.1, 0.15) is 0 Å². The van der Waals surface area contributed by atoms with Gasteiger partial charge in [-0.05, 0) is 0 Å². The van der Waals surface area contributed by atoms with Crippen LogP contribution in [0, 0.1) is 6.61 Å². The molecule has 0 spiro atoms. The van der Waals surface area contributed by atoms with Crippen molar-refractivity contribution in [3.8, 4) is 0 Å². The number of methoxy groups -OCH3 is 1. The summed E-state index contributed by atoms with van der Waals surface area (Å²) in [5.41, 5.74) is 0. The van der Waals surface area contributed by atoms with Crippen LogP contribution < -0.4 is 0 Å². The molecule has 0 atom stereocenters. The van der Waals surface area contributed by atoms with Gasteiger partial charge in [0.05, 0.1) is 13.0 Å². The van der Waals surface area contributed by atoms with Crippen molar-refractivity contribution in [2.45, 2.75) is 12.6 Å². The summed E-state index contributed by atoms with van der Waals surface area (Å²) in [4.78, 5) is 0. The minimum atomic E-state index is -4.13. The summed E-state index contributed by atoms with van der Waals surface area (Å²) in [5.74, 6) is 0. The molecule has 0 unspecified atom stereocenters. The summed E-state index contributed by atoms with van der Waals surface area (Å²) in [6.45, 7) is 0.708. The van der Waals surface area contributed by atoms with Crippen molar-refractivity contribution >= 4 is 0 Å². The monoisotopic (exact) mass is 127 g/mol. The maximum absolute atomic E-state index is 11.1. The van der Waals surface area contributed by atoms with Gasteiger partial charge < -0.3 is 4.74 Å². The Labute approximate surface area is 45.4 Å². The average molecular weight is 127 g/mol. The Morgan fingerprint density at radius 3 is 2.12 bits per heavy atom. The molecule has 0 aromatic carbocycles. The molecule has 1 nitrogen and oxygen atoms in total. The molecular formula is C4H6F3O. The molecule has 0 aromatic heterocycles. The van der Waals surface area contributed by atoms with Gasteiger partial charge in [0.25, 0.3) is 0 Å². The molecule has 0 aliphatic heterocycles. The molecule has 0 heterocycles. The smallest absolute Gasteiger partial charge is 0.378 e. The minimum Gasteiger partial charge on any atom is -0.378 e. The van der Waals surface area contributed by atoms with Crippen LogP contribution in [-0.4, -0.2) is 13.3 Å². The fourth-order valence-corrected chi connectivity index (χ4v) is 0.178. The average Bonchev–Trinajstić information content (AvgIpc) is 1.59. The fraction of sp³-hybridized carbons (Fsp3) is 0.750. The second kappa shape index (κ2) is 2.91. The fourth-order valence-electron chi connectivity index (χ4n) is 0.178. The highest BCUT2D eigenvalue weighted by molar-refractivity contribution is 4.57. The van der Waals surface area contributed by atoms with Crippen molar-refractivity contribution in [2.75, 3.05) is 7.11 Å². The first-order chi connectivity index (χ1) is 3.56. The zero-order valence-electron chi connectivity index (χ0n) is 4.33. The standard InChI is InChI=1S/C4H6F3O/c1-8-3-2-4(5,6)7/h3H,2H2,1H3. The van der Waals surface area contributed by atoms with E-state index in [-0.39, 0.29) is 0 Å². The van der Waals surface area contributed by atoms with Gasteiger partial charge in [-0.25, -0.2) is 0 Å². The normalized spacial score (nSPS) is 12.0. The third-order valence-electron chi connectivity index (χ3n) is 0.481. The lowest BCUT2D eigenvalue weighted by Crippen LogP contribution is -2.07. The zero-order chi connectivity index (χ0) is 6.62. The van der Waals surface area contributed by atoms with Crippen molar-refractivity contribution in [1.82, 2.24) is 0 Å². The van der Waals surface area contributed by atoms with Crippen LogP contribution in [0.15, 0.2) is 0 Å². The van der Waals surface area contributed by atoms with Gasteiger partial charge in [0.2, 0.25) is 0 Å². The highest BCUT2D eigenvalue weighted by atomic mass is 19.4. The Hall–Kier alpha value is -0.250. The van der Waals surface area contributed by atoms with E-state index in [0.717, 1.165) is 0 Å². The van der Waals surface area contributed by atoms with Gasteiger partial charge >= 0.3 is 6.18 Å². The quantitative estimate of drug-likeness (QED) is 0.549. The van der Waals surface area contributed by atoms with Gasteiger partial charge in [0.15, 0.2) is 0 Å². The summed E-state index contributed by atoms with van der Waals surface area (Å²) >= 11 is 0. The molecule has 1 radical (unpaired) electrons. The topological polar surface area (TPSA) is 9.23 Å². The van der Waals surface area contributed by atoms with E-state index in [0.29, 0.717) is 6.61 Å². The van der Waals surface area contributed by atoms with Crippen LogP contribution in [0.5, 0.6) is 0 Å². The third kappa shape index (κ3) is 5.75. The van der Waals surface area contributed by atoms with Crippen LogP contribution in [0.2, 0.25) is 0 Å². The van der Waals surface area contributed by atoms with Gasteiger partial charge in [-0.15, -0.1) is 0 Å². The zero-order valence-corrected chi connectivity index (χ0v) is 4.33. The van der Waals surface area contributed by atoms with E-state index < -0.39 is 12.6 Å². The first-order valence-electron chi connectivity index (χ1n) is 1.97. The molecular weight excluding hydrogens is 121 g/mol. The molecule has 49 valence electrons. The molecule has 0 aliphatic carbocycles. The van der Waals surface area contributed by atoms with E-state index in [9.17, 15) is 13.2 Å². The summed E-state index contributed by atoms with van der Waals surface area (Å²) < 4.78 is 37.5. The molecule has 0 rings (SSSR count). The molecule has 0 aromatic rings. The predicted molar refractivity (Wildman–Crippen MR) is 22.0 cm³/mol. The Morgan fingerprint density at radius 2 is 2.00 bits per heavy atom. The first-order valence-corrected chi connectivity index (χ1v) is 1.97. The largest absolute Gasteiger partial charge is 0.391 e. The van der Waals surface area contributed by atoms with Gasteiger partial charge in [-0.1, -0.05) is 0 Å².